The van der Waals surface area contributed by atoms with Gasteiger partial charge in [-0.1, -0.05) is 37.6 Å². The van der Waals surface area contributed by atoms with Crippen LogP contribution in [-0.2, 0) is 6.42 Å². The molecule has 0 nitrogen and oxygen atoms in total. The van der Waals surface area contributed by atoms with E-state index >= 15 is 0 Å². The quantitative estimate of drug-likeness (QED) is 0.551. The van der Waals surface area contributed by atoms with Gasteiger partial charge in [0, 0.05) is 3.57 Å². The lowest BCUT2D eigenvalue weighted by molar-refractivity contribution is 0.936. The van der Waals surface area contributed by atoms with E-state index in [4.69, 9.17) is 0 Å². The fraction of sp³-hybridized carbons (Fsp3) is 0.385. The SMILES string of the molecule is CCCC=CCCc1ccc(I)cc1. The summed E-state index contributed by atoms with van der Waals surface area (Å²) in [7, 11) is 0. The minimum Gasteiger partial charge on any atom is -0.0885 e. The Morgan fingerprint density at radius 3 is 2.36 bits per heavy atom. The van der Waals surface area contributed by atoms with Gasteiger partial charge in [-0.25, -0.2) is 0 Å². The predicted octanol–water partition coefficient (Wildman–Crippen LogP) is 4.58. The summed E-state index contributed by atoms with van der Waals surface area (Å²) in [5.74, 6) is 0. The number of allylic oxidation sites excluding steroid dienone is 2. The molecule has 0 saturated carbocycles. The molecule has 1 aromatic rings. The monoisotopic (exact) mass is 300 g/mol. The van der Waals surface area contributed by atoms with E-state index in [-0.39, 0.29) is 0 Å². The zero-order valence-corrected chi connectivity index (χ0v) is 10.8. The molecule has 0 aromatic heterocycles. The van der Waals surface area contributed by atoms with E-state index in [9.17, 15) is 0 Å². The van der Waals surface area contributed by atoms with E-state index in [2.05, 4.69) is 65.9 Å². The van der Waals surface area contributed by atoms with E-state index in [0.717, 1.165) is 6.42 Å². The van der Waals surface area contributed by atoms with E-state index in [0.29, 0.717) is 0 Å². The van der Waals surface area contributed by atoms with Gasteiger partial charge in [-0.3, -0.25) is 0 Å². The number of hydrogen-bond donors (Lipinski definition) is 0. The first-order chi connectivity index (χ1) is 6.83. The zero-order valence-electron chi connectivity index (χ0n) is 8.67. The predicted molar refractivity (Wildman–Crippen MR) is 71.5 cm³/mol. The molecule has 0 unspecified atom stereocenters. The Hall–Kier alpha value is -0.310. The lowest BCUT2D eigenvalue weighted by Crippen LogP contribution is -1.82. The number of hydrogen-bond acceptors (Lipinski definition) is 0. The van der Waals surface area contributed by atoms with E-state index in [1.807, 2.05) is 0 Å². The topological polar surface area (TPSA) is 0 Å². The van der Waals surface area contributed by atoms with Crippen LogP contribution in [0.15, 0.2) is 36.4 Å². The number of aryl methyl sites for hydroxylation is 1. The Balaban J connectivity index is 2.28. The van der Waals surface area contributed by atoms with Gasteiger partial charge in [0.1, 0.15) is 0 Å². The van der Waals surface area contributed by atoms with Crippen molar-refractivity contribution < 1.29 is 0 Å². The molecule has 0 aliphatic carbocycles. The number of unbranched alkanes of at least 4 members (excludes halogenated alkanes) is 1. The molecule has 0 spiro atoms. The fourth-order valence-electron chi connectivity index (χ4n) is 1.30. The zero-order chi connectivity index (χ0) is 10.2. The molecule has 0 bridgehead atoms. The lowest BCUT2D eigenvalue weighted by atomic mass is 10.1. The van der Waals surface area contributed by atoms with Gasteiger partial charge in [-0.2, -0.15) is 0 Å². The highest BCUT2D eigenvalue weighted by Gasteiger charge is 1.90. The van der Waals surface area contributed by atoms with Crippen LogP contribution in [0.4, 0.5) is 0 Å². The molecule has 0 atom stereocenters. The highest BCUT2D eigenvalue weighted by Crippen LogP contribution is 2.08. The highest BCUT2D eigenvalue weighted by atomic mass is 127. The molecular weight excluding hydrogens is 283 g/mol. The fourth-order valence-corrected chi connectivity index (χ4v) is 1.66. The third kappa shape index (κ3) is 4.80. The molecule has 0 heterocycles. The first-order valence-corrected chi connectivity index (χ1v) is 6.30. The van der Waals surface area contributed by atoms with Crippen molar-refractivity contribution >= 4 is 22.6 Å². The van der Waals surface area contributed by atoms with Crippen LogP contribution >= 0.6 is 22.6 Å². The Morgan fingerprint density at radius 2 is 1.71 bits per heavy atom. The Kier molecular flexibility index (Phi) is 5.92. The summed E-state index contributed by atoms with van der Waals surface area (Å²) in [4.78, 5) is 0. The molecule has 0 aliphatic heterocycles. The molecule has 0 aliphatic rings. The summed E-state index contributed by atoms with van der Waals surface area (Å²) in [6.45, 7) is 2.21. The third-order valence-corrected chi connectivity index (χ3v) is 2.85. The molecular formula is C13H17I. The van der Waals surface area contributed by atoms with Gasteiger partial charge in [-0.15, -0.1) is 0 Å². The largest absolute Gasteiger partial charge is 0.0885 e. The number of halogens is 1. The molecule has 0 N–H and O–H groups in total. The molecule has 14 heavy (non-hydrogen) atoms. The first-order valence-electron chi connectivity index (χ1n) is 5.22. The van der Waals surface area contributed by atoms with Crippen LogP contribution in [0.25, 0.3) is 0 Å². The molecule has 1 aromatic carbocycles. The summed E-state index contributed by atoms with van der Waals surface area (Å²) < 4.78 is 1.31. The third-order valence-electron chi connectivity index (χ3n) is 2.13. The van der Waals surface area contributed by atoms with Crippen LogP contribution < -0.4 is 0 Å². The van der Waals surface area contributed by atoms with Gasteiger partial charge in [0.25, 0.3) is 0 Å². The smallest absolute Gasteiger partial charge is 0.0130 e. The molecule has 0 amide bonds. The van der Waals surface area contributed by atoms with Crippen molar-refractivity contribution in [3.05, 3.63) is 45.6 Å². The second-order valence-corrected chi connectivity index (χ2v) is 4.67. The van der Waals surface area contributed by atoms with Crippen molar-refractivity contribution in [2.24, 2.45) is 0 Å². The minimum atomic E-state index is 1.16. The van der Waals surface area contributed by atoms with Crippen LogP contribution in [0.3, 0.4) is 0 Å². The highest BCUT2D eigenvalue weighted by molar-refractivity contribution is 14.1. The van der Waals surface area contributed by atoms with Crippen molar-refractivity contribution in [3.8, 4) is 0 Å². The molecule has 76 valence electrons. The van der Waals surface area contributed by atoms with Gasteiger partial charge in [0.05, 0.1) is 0 Å². The number of benzene rings is 1. The Morgan fingerprint density at radius 1 is 1.07 bits per heavy atom. The van der Waals surface area contributed by atoms with Crippen molar-refractivity contribution in [2.75, 3.05) is 0 Å². The van der Waals surface area contributed by atoms with Crippen LogP contribution in [0.2, 0.25) is 0 Å². The van der Waals surface area contributed by atoms with Crippen molar-refractivity contribution in [2.45, 2.75) is 32.6 Å². The average Bonchev–Trinajstić information content (AvgIpc) is 2.21. The van der Waals surface area contributed by atoms with Gasteiger partial charge >= 0.3 is 0 Å². The van der Waals surface area contributed by atoms with Gasteiger partial charge in [0.2, 0.25) is 0 Å². The maximum atomic E-state index is 2.34. The van der Waals surface area contributed by atoms with Gasteiger partial charge < -0.3 is 0 Å². The van der Waals surface area contributed by atoms with Crippen LogP contribution in [-0.4, -0.2) is 0 Å². The van der Waals surface area contributed by atoms with Gasteiger partial charge in [0.15, 0.2) is 0 Å². The van der Waals surface area contributed by atoms with Crippen LogP contribution in [0.5, 0.6) is 0 Å². The standard InChI is InChI=1S/C13H17I/c1-2-3-4-5-6-7-12-8-10-13(14)11-9-12/h4-5,8-11H,2-3,6-7H2,1H3. The summed E-state index contributed by atoms with van der Waals surface area (Å²) in [5.41, 5.74) is 1.44. The maximum Gasteiger partial charge on any atom is 0.0130 e. The summed E-state index contributed by atoms with van der Waals surface area (Å²) in [6.07, 6.45) is 9.37. The summed E-state index contributed by atoms with van der Waals surface area (Å²) in [5, 5.41) is 0. The second-order valence-electron chi connectivity index (χ2n) is 3.43. The molecule has 0 fully saturated rings. The van der Waals surface area contributed by atoms with Gasteiger partial charge in [-0.05, 0) is 59.5 Å². The molecule has 1 rings (SSSR count). The average molecular weight is 300 g/mol. The Bertz CT molecular complexity index is 272. The lowest BCUT2D eigenvalue weighted by Gasteiger charge is -1.97. The summed E-state index contributed by atoms with van der Waals surface area (Å²) >= 11 is 2.34. The van der Waals surface area contributed by atoms with E-state index in [1.54, 1.807) is 0 Å². The second kappa shape index (κ2) is 7.04. The maximum absolute atomic E-state index is 2.34. The minimum absolute atomic E-state index is 1.16. The molecule has 1 heteroatoms. The first kappa shape index (κ1) is 11.8. The number of rotatable bonds is 5. The molecule has 0 radical (unpaired) electrons. The van der Waals surface area contributed by atoms with Crippen LogP contribution in [0.1, 0.15) is 31.7 Å². The summed E-state index contributed by atoms with van der Waals surface area (Å²) in [6, 6.07) is 8.78. The Labute approximate surface area is 101 Å². The van der Waals surface area contributed by atoms with E-state index < -0.39 is 0 Å². The van der Waals surface area contributed by atoms with Crippen LogP contribution in [0, 0.1) is 3.57 Å². The van der Waals surface area contributed by atoms with Crippen molar-refractivity contribution in [3.63, 3.8) is 0 Å². The van der Waals surface area contributed by atoms with Crippen molar-refractivity contribution in [1.29, 1.82) is 0 Å². The normalized spacial score (nSPS) is 11.0. The molecule has 0 saturated heterocycles. The van der Waals surface area contributed by atoms with E-state index in [1.165, 1.54) is 28.4 Å². The van der Waals surface area contributed by atoms with Crippen molar-refractivity contribution in [1.82, 2.24) is 0 Å².